The molecule has 0 saturated heterocycles. The second kappa shape index (κ2) is 6.88. The van der Waals surface area contributed by atoms with E-state index in [1.807, 2.05) is 32.2 Å². The number of nitrogens with one attached hydrogen (secondary N) is 1. The molecular weight excluding hydrogens is 324 g/mol. The highest BCUT2D eigenvalue weighted by atomic mass is 16.3. The first-order valence-electron chi connectivity index (χ1n) is 9.68. The summed E-state index contributed by atoms with van der Waals surface area (Å²) in [6, 6.07) is 8.85. The molecule has 1 fully saturated rings. The molecule has 1 aliphatic heterocycles. The standard InChI is InChI=1S/C21H28N4O/c1-21(2,26)17-8-7-16-14-25(12-10-15(16)13-17)19-9-11-22-20(24-19)23-18-5-3-4-6-18/h7-9,11,13,18,26H,3-6,10,12,14H2,1-2H3,(H,22,23,24). The Morgan fingerprint density at radius 2 is 1.96 bits per heavy atom. The van der Waals surface area contributed by atoms with E-state index in [1.54, 1.807) is 0 Å². The Bertz CT molecular complexity index is 778. The van der Waals surface area contributed by atoms with Crippen molar-refractivity contribution < 1.29 is 5.11 Å². The number of fused-ring (bicyclic) bond motifs is 1. The maximum absolute atomic E-state index is 10.2. The van der Waals surface area contributed by atoms with Crippen molar-refractivity contribution in [2.24, 2.45) is 0 Å². The van der Waals surface area contributed by atoms with Crippen LogP contribution >= 0.6 is 0 Å². The summed E-state index contributed by atoms with van der Waals surface area (Å²) in [6.45, 7) is 5.46. The third-order valence-corrected chi connectivity index (χ3v) is 5.58. The summed E-state index contributed by atoms with van der Waals surface area (Å²) < 4.78 is 0. The molecule has 26 heavy (non-hydrogen) atoms. The minimum absolute atomic E-state index is 0.521. The molecule has 0 unspecified atom stereocenters. The Labute approximate surface area is 155 Å². The summed E-state index contributed by atoms with van der Waals surface area (Å²) in [4.78, 5) is 11.5. The number of rotatable bonds is 4. The lowest BCUT2D eigenvalue weighted by Gasteiger charge is -2.31. The van der Waals surface area contributed by atoms with E-state index in [0.29, 0.717) is 6.04 Å². The Morgan fingerprint density at radius 3 is 2.73 bits per heavy atom. The van der Waals surface area contributed by atoms with Crippen LogP contribution in [-0.2, 0) is 18.6 Å². The molecule has 4 rings (SSSR count). The minimum atomic E-state index is -0.792. The predicted molar refractivity (Wildman–Crippen MR) is 104 cm³/mol. The number of benzene rings is 1. The van der Waals surface area contributed by atoms with Crippen LogP contribution in [0.4, 0.5) is 11.8 Å². The highest BCUT2D eigenvalue weighted by Crippen LogP contribution is 2.28. The van der Waals surface area contributed by atoms with Crippen LogP contribution in [0.15, 0.2) is 30.5 Å². The maximum Gasteiger partial charge on any atom is 0.224 e. The number of aromatic nitrogens is 2. The van der Waals surface area contributed by atoms with Crippen LogP contribution in [0.5, 0.6) is 0 Å². The first kappa shape index (κ1) is 17.3. The van der Waals surface area contributed by atoms with Gasteiger partial charge in [0.15, 0.2) is 0 Å². The molecule has 0 spiro atoms. The van der Waals surface area contributed by atoms with Crippen molar-refractivity contribution in [3.63, 3.8) is 0 Å². The van der Waals surface area contributed by atoms with Gasteiger partial charge in [-0.2, -0.15) is 4.98 Å². The van der Waals surface area contributed by atoms with Crippen LogP contribution in [0.2, 0.25) is 0 Å². The van der Waals surface area contributed by atoms with Gasteiger partial charge < -0.3 is 15.3 Å². The highest BCUT2D eigenvalue weighted by molar-refractivity contribution is 5.47. The maximum atomic E-state index is 10.2. The molecule has 2 N–H and O–H groups in total. The number of hydrogen-bond donors (Lipinski definition) is 2. The van der Waals surface area contributed by atoms with Crippen LogP contribution in [0.1, 0.15) is 56.2 Å². The van der Waals surface area contributed by atoms with Crippen LogP contribution in [0.25, 0.3) is 0 Å². The topological polar surface area (TPSA) is 61.3 Å². The monoisotopic (exact) mass is 352 g/mol. The quantitative estimate of drug-likeness (QED) is 0.880. The zero-order valence-corrected chi connectivity index (χ0v) is 15.7. The summed E-state index contributed by atoms with van der Waals surface area (Å²) in [7, 11) is 0. The van der Waals surface area contributed by atoms with Gasteiger partial charge in [0.05, 0.1) is 5.60 Å². The van der Waals surface area contributed by atoms with Gasteiger partial charge in [-0.05, 0) is 55.9 Å². The molecule has 0 bridgehead atoms. The fourth-order valence-corrected chi connectivity index (χ4v) is 3.98. The van der Waals surface area contributed by atoms with Crippen molar-refractivity contribution in [2.75, 3.05) is 16.8 Å². The van der Waals surface area contributed by atoms with E-state index in [0.717, 1.165) is 36.8 Å². The van der Waals surface area contributed by atoms with Gasteiger partial charge in [0.25, 0.3) is 0 Å². The molecule has 1 aromatic heterocycles. The first-order valence-corrected chi connectivity index (χ1v) is 9.68. The molecule has 5 nitrogen and oxygen atoms in total. The van der Waals surface area contributed by atoms with Gasteiger partial charge in [0.1, 0.15) is 5.82 Å². The van der Waals surface area contributed by atoms with Crippen LogP contribution in [0, 0.1) is 0 Å². The molecular formula is C21H28N4O. The molecule has 1 aromatic carbocycles. The molecule has 2 aromatic rings. The van der Waals surface area contributed by atoms with Crippen LogP contribution in [-0.4, -0.2) is 27.7 Å². The predicted octanol–water partition coefficient (Wildman–Crippen LogP) is 3.62. The molecule has 2 aliphatic rings. The van der Waals surface area contributed by atoms with Crippen molar-refractivity contribution >= 4 is 11.8 Å². The van der Waals surface area contributed by atoms with Gasteiger partial charge in [-0.15, -0.1) is 0 Å². The van der Waals surface area contributed by atoms with Crippen LogP contribution in [0.3, 0.4) is 0 Å². The second-order valence-corrected chi connectivity index (χ2v) is 8.08. The van der Waals surface area contributed by atoms with Gasteiger partial charge in [0.2, 0.25) is 5.95 Å². The van der Waals surface area contributed by atoms with E-state index in [1.165, 1.54) is 36.8 Å². The summed E-state index contributed by atoms with van der Waals surface area (Å²) in [5.41, 5.74) is 2.83. The second-order valence-electron chi connectivity index (χ2n) is 8.08. The zero-order valence-electron chi connectivity index (χ0n) is 15.7. The fraction of sp³-hybridized carbons (Fsp3) is 0.524. The van der Waals surface area contributed by atoms with Crippen molar-refractivity contribution in [3.05, 3.63) is 47.2 Å². The molecule has 0 radical (unpaired) electrons. The van der Waals surface area contributed by atoms with E-state index in [9.17, 15) is 5.11 Å². The van der Waals surface area contributed by atoms with Crippen molar-refractivity contribution in [1.29, 1.82) is 0 Å². The molecule has 0 atom stereocenters. The number of nitrogens with zero attached hydrogens (tertiary/aromatic N) is 3. The normalized spacial score (nSPS) is 18.0. The summed E-state index contributed by atoms with van der Waals surface area (Å²) in [6.07, 6.45) is 7.85. The Balaban J connectivity index is 1.50. The number of anilines is 2. The smallest absolute Gasteiger partial charge is 0.224 e. The van der Waals surface area contributed by atoms with E-state index in [2.05, 4.69) is 27.3 Å². The Kier molecular flexibility index (Phi) is 4.57. The minimum Gasteiger partial charge on any atom is -0.386 e. The molecule has 1 aliphatic carbocycles. The summed E-state index contributed by atoms with van der Waals surface area (Å²) in [5, 5.41) is 13.7. The lowest BCUT2D eigenvalue weighted by molar-refractivity contribution is 0.0785. The Hall–Kier alpha value is -2.14. The Morgan fingerprint density at radius 1 is 1.15 bits per heavy atom. The first-order chi connectivity index (χ1) is 12.5. The number of aliphatic hydroxyl groups is 1. The molecule has 2 heterocycles. The van der Waals surface area contributed by atoms with Crippen molar-refractivity contribution in [3.8, 4) is 0 Å². The molecule has 0 amide bonds. The molecule has 5 heteroatoms. The van der Waals surface area contributed by atoms with Gasteiger partial charge in [-0.25, -0.2) is 4.98 Å². The third-order valence-electron chi connectivity index (χ3n) is 5.58. The molecule has 138 valence electrons. The average Bonchev–Trinajstić information content (AvgIpc) is 3.13. The van der Waals surface area contributed by atoms with Crippen molar-refractivity contribution in [1.82, 2.24) is 9.97 Å². The SMILES string of the molecule is CC(C)(O)c1ccc2c(c1)CCN(c1ccnc(NC3CCCC3)n1)C2. The molecule has 1 saturated carbocycles. The van der Waals surface area contributed by atoms with E-state index >= 15 is 0 Å². The number of hydrogen-bond acceptors (Lipinski definition) is 5. The average molecular weight is 352 g/mol. The lowest BCUT2D eigenvalue weighted by atomic mass is 9.91. The van der Waals surface area contributed by atoms with Gasteiger partial charge in [0, 0.05) is 25.3 Å². The largest absolute Gasteiger partial charge is 0.386 e. The highest BCUT2D eigenvalue weighted by Gasteiger charge is 2.22. The van der Waals surface area contributed by atoms with Crippen molar-refractivity contribution in [2.45, 2.75) is 64.1 Å². The van der Waals surface area contributed by atoms with Gasteiger partial charge in [-0.3, -0.25) is 0 Å². The fourth-order valence-electron chi connectivity index (χ4n) is 3.98. The summed E-state index contributed by atoms with van der Waals surface area (Å²) in [5.74, 6) is 1.73. The van der Waals surface area contributed by atoms with E-state index < -0.39 is 5.60 Å². The summed E-state index contributed by atoms with van der Waals surface area (Å²) >= 11 is 0. The van der Waals surface area contributed by atoms with Crippen LogP contribution < -0.4 is 10.2 Å². The van der Waals surface area contributed by atoms with E-state index in [-0.39, 0.29) is 0 Å². The van der Waals surface area contributed by atoms with Gasteiger partial charge >= 0.3 is 0 Å². The lowest BCUT2D eigenvalue weighted by Crippen LogP contribution is -2.32. The third kappa shape index (κ3) is 3.68. The zero-order chi connectivity index (χ0) is 18.1. The van der Waals surface area contributed by atoms with Gasteiger partial charge in [-0.1, -0.05) is 31.0 Å². The van der Waals surface area contributed by atoms with E-state index in [4.69, 9.17) is 4.98 Å².